The highest BCUT2D eigenvalue weighted by Gasteiger charge is 2.20. The molecule has 0 fully saturated rings. The number of benzene rings is 2. The molecule has 2 aromatic rings. The van der Waals surface area contributed by atoms with Gasteiger partial charge < -0.3 is 9.47 Å². The Bertz CT molecular complexity index is 700. The summed E-state index contributed by atoms with van der Waals surface area (Å²) in [6.07, 6.45) is 0. The quantitative estimate of drug-likeness (QED) is 0.553. The summed E-state index contributed by atoms with van der Waals surface area (Å²) in [6.45, 7) is 7.70. The average molecular weight is 308 g/mol. The molecule has 0 aliphatic heterocycles. The first-order chi connectivity index (χ1) is 11.1. The van der Waals surface area contributed by atoms with Gasteiger partial charge in [-0.15, -0.1) is 0 Å². The van der Waals surface area contributed by atoms with Crippen molar-refractivity contribution in [3.8, 4) is 5.75 Å². The zero-order chi connectivity index (χ0) is 16.7. The van der Waals surface area contributed by atoms with Gasteiger partial charge in [-0.3, -0.25) is 4.79 Å². The van der Waals surface area contributed by atoms with Gasteiger partial charge in [-0.2, -0.15) is 0 Å². The van der Waals surface area contributed by atoms with E-state index in [0.29, 0.717) is 23.7 Å². The number of hydrogen-bond donors (Lipinski definition) is 0. The van der Waals surface area contributed by atoms with Gasteiger partial charge in [0.05, 0.1) is 12.2 Å². The molecule has 3 heteroatoms. The van der Waals surface area contributed by atoms with Crippen molar-refractivity contribution in [1.29, 1.82) is 0 Å². The molecular formula is C20H20O3. The molecule has 0 aromatic heterocycles. The van der Waals surface area contributed by atoms with Gasteiger partial charge in [0, 0.05) is 0 Å². The lowest BCUT2D eigenvalue weighted by molar-refractivity contribution is -0.113. The van der Waals surface area contributed by atoms with Gasteiger partial charge in [0.25, 0.3) is 0 Å². The number of allylic oxidation sites excluding steroid dienone is 2. The van der Waals surface area contributed by atoms with Crippen molar-refractivity contribution >= 4 is 11.4 Å². The minimum Gasteiger partial charge on any atom is -0.490 e. The van der Waals surface area contributed by atoms with Gasteiger partial charge in [-0.1, -0.05) is 55.1 Å². The summed E-state index contributed by atoms with van der Waals surface area (Å²) in [5.74, 6) is 1.02. The molecule has 0 saturated carbocycles. The zero-order valence-electron chi connectivity index (χ0n) is 13.4. The minimum atomic E-state index is -0.272. The number of ketones is 1. The van der Waals surface area contributed by atoms with Crippen LogP contribution >= 0.6 is 0 Å². The zero-order valence-corrected chi connectivity index (χ0v) is 13.4. The maximum Gasteiger partial charge on any atom is 0.230 e. The normalized spacial score (nSPS) is 11.4. The van der Waals surface area contributed by atoms with Crippen molar-refractivity contribution in [2.24, 2.45) is 0 Å². The standard InChI is InChI=1S/C20H20O3/c1-4-22-16(3)20(21)19(17-11-7-5-8-12-17)15(2)23-18-13-9-6-10-14-18/h5-14H,3-4H2,1-2H3/b19-15+. The summed E-state index contributed by atoms with van der Waals surface area (Å²) in [4.78, 5) is 12.7. The van der Waals surface area contributed by atoms with Crippen LogP contribution in [0.5, 0.6) is 5.75 Å². The second kappa shape index (κ2) is 7.99. The fourth-order valence-electron chi connectivity index (χ4n) is 2.19. The largest absolute Gasteiger partial charge is 0.490 e. The van der Waals surface area contributed by atoms with Crippen molar-refractivity contribution in [2.75, 3.05) is 6.61 Å². The third-order valence-corrected chi connectivity index (χ3v) is 3.23. The average Bonchev–Trinajstić information content (AvgIpc) is 2.57. The monoisotopic (exact) mass is 308 g/mol. The van der Waals surface area contributed by atoms with Crippen LogP contribution in [0, 0.1) is 0 Å². The summed E-state index contributed by atoms with van der Waals surface area (Å²) >= 11 is 0. The van der Waals surface area contributed by atoms with E-state index in [1.807, 2.05) is 67.6 Å². The van der Waals surface area contributed by atoms with Gasteiger partial charge in [0.1, 0.15) is 11.5 Å². The van der Waals surface area contributed by atoms with E-state index >= 15 is 0 Å². The minimum absolute atomic E-state index is 0.113. The molecular weight excluding hydrogens is 288 g/mol. The van der Waals surface area contributed by atoms with Crippen LogP contribution in [0.2, 0.25) is 0 Å². The van der Waals surface area contributed by atoms with Crippen molar-refractivity contribution in [2.45, 2.75) is 13.8 Å². The molecule has 0 aliphatic rings. The maximum atomic E-state index is 12.7. The lowest BCUT2D eigenvalue weighted by Gasteiger charge is -2.14. The third kappa shape index (κ3) is 4.33. The summed E-state index contributed by atoms with van der Waals surface area (Å²) in [5.41, 5.74) is 1.22. The number of rotatable bonds is 7. The predicted octanol–water partition coefficient (Wildman–Crippen LogP) is 4.62. The van der Waals surface area contributed by atoms with Crippen molar-refractivity contribution in [3.05, 3.63) is 84.3 Å². The van der Waals surface area contributed by atoms with Crippen molar-refractivity contribution in [3.63, 3.8) is 0 Å². The van der Waals surface area contributed by atoms with E-state index in [1.165, 1.54) is 0 Å². The predicted molar refractivity (Wildman–Crippen MR) is 91.9 cm³/mol. The van der Waals surface area contributed by atoms with Gasteiger partial charge in [-0.05, 0) is 31.5 Å². The highest BCUT2D eigenvalue weighted by molar-refractivity contribution is 6.28. The van der Waals surface area contributed by atoms with Crippen molar-refractivity contribution in [1.82, 2.24) is 0 Å². The van der Waals surface area contributed by atoms with E-state index in [9.17, 15) is 4.79 Å². The Labute approximate surface area is 136 Å². The Kier molecular flexibility index (Phi) is 5.75. The highest BCUT2D eigenvalue weighted by atomic mass is 16.5. The molecule has 2 aromatic carbocycles. The number of carbonyl (C=O) groups excluding carboxylic acids is 1. The van der Waals surface area contributed by atoms with E-state index in [2.05, 4.69) is 6.58 Å². The van der Waals surface area contributed by atoms with Crippen LogP contribution in [-0.2, 0) is 9.53 Å². The summed E-state index contributed by atoms with van der Waals surface area (Å²) in [6, 6.07) is 18.7. The summed E-state index contributed by atoms with van der Waals surface area (Å²) in [5, 5.41) is 0. The maximum absolute atomic E-state index is 12.7. The van der Waals surface area contributed by atoms with E-state index in [-0.39, 0.29) is 11.5 Å². The highest BCUT2D eigenvalue weighted by Crippen LogP contribution is 2.25. The van der Waals surface area contributed by atoms with Gasteiger partial charge in [0.15, 0.2) is 5.76 Å². The fraction of sp³-hybridized carbons (Fsp3) is 0.150. The summed E-state index contributed by atoms with van der Waals surface area (Å²) in [7, 11) is 0. The molecule has 0 amide bonds. The molecule has 0 aliphatic carbocycles. The Morgan fingerprint density at radius 3 is 2.13 bits per heavy atom. The Morgan fingerprint density at radius 2 is 1.57 bits per heavy atom. The van der Waals surface area contributed by atoms with E-state index in [1.54, 1.807) is 6.92 Å². The lowest BCUT2D eigenvalue weighted by atomic mass is 9.99. The Balaban J connectivity index is 2.42. The van der Waals surface area contributed by atoms with E-state index < -0.39 is 0 Å². The molecule has 0 radical (unpaired) electrons. The van der Waals surface area contributed by atoms with Gasteiger partial charge >= 0.3 is 0 Å². The molecule has 0 heterocycles. The molecule has 0 unspecified atom stereocenters. The molecule has 2 rings (SSSR count). The number of Topliss-reactive ketones (excluding diaryl/α,β-unsaturated/α-hetero) is 1. The van der Waals surface area contributed by atoms with Crippen LogP contribution in [0.4, 0.5) is 0 Å². The molecule has 23 heavy (non-hydrogen) atoms. The van der Waals surface area contributed by atoms with Gasteiger partial charge in [-0.25, -0.2) is 0 Å². The Hall–Kier alpha value is -2.81. The van der Waals surface area contributed by atoms with Crippen LogP contribution in [0.15, 0.2) is 78.8 Å². The van der Waals surface area contributed by atoms with E-state index in [4.69, 9.17) is 9.47 Å². The van der Waals surface area contributed by atoms with Crippen LogP contribution in [0.1, 0.15) is 19.4 Å². The molecule has 0 atom stereocenters. The van der Waals surface area contributed by atoms with Crippen LogP contribution in [0.3, 0.4) is 0 Å². The first-order valence-electron chi connectivity index (χ1n) is 7.49. The van der Waals surface area contributed by atoms with Crippen LogP contribution in [0.25, 0.3) is 5.57 Å². The fourth-order valence-corrected chi connectivity index (χ4v) is 2.19. The molecule has 0 bridgehead atoms. The Morgan fingerprint density at radius 1 is 1.00 bits per heavy atom. The molecule has 0 saturated heterocycles. The first-order valence-corrected chi connectivity index (χ1v) is 7.49. The second-order valence-electron chi connectivity index (χ2n) is 4.90. The SMILES string of the molecule is C=C(OCC)C(=O)/C(=C(\C)Oc1ccccc1)c1ccccc1. The van der Waals surface area contributed by atoms with Gasteiger partial charge in [0.2, 0.25) is 5.78 Å². The number of hydrogen-bond acceptors (Lipinski definition) is 3. The molecule has 0 spiro atoms. The molecule has 3 nitrogen and oxygen atoms in total. The topological polar surface area (TPSA) is 35.5 Å². The smallest absolute Gasteiger partial charge is 0.230 e. The van der Waals surface area contributed by atoms with Crippen LogP contribution in [-0.4, -0.2) is 12.4 Å². The third-order valence-electron chi connectivity index (χ3n) is 3.23. The van der Waals surface area contributed by atoms with Crippen molar-refractivity contribution < 1.29 is 14.3 Å². The lowest BCUT2D eigenvalue weighted by Crippen LogP contribution is -2.11. The summed E-state index contributed by atoms with van der Waals surface area (Å²) < 4.78 is 11.1. The number of carbonyl (C=O) groups is 1. The first kappa shape index (κ1) is 16.6. The second-order valence-corrected chi connectivity index (χ2v) is 4.90. The number of ether oxygens (including phenoxy) is 2. The van der Waals surface area contributed by atoms with E-state index in [0.717, 1.165) is 5.56 Å². The number of para-hydroxylation sites is 1. The molecule has 0 N–H and O–H groups in total. The van der Waals surface area contributed by atoms with Crippen LogP contribution < -0.4 is 4.74 Å². The molecule has 118 valence electrons.